The number of amides is 3. The Morgan fingerprint density at radius 1 is 1.35 bits per heavy atom. The third kappa shape index (κ3) is 6.42. The number of rotatable bonds is 9. The Balaban J connectivity index is 2.56. The highest BCUT2D eigenvalue weighted by atomic mass is 16.2. The lowest BCUT2D eigenvalue weighted by Crippen LogP contribution is -2.48. The summed E-state index contributed by atoms with van der Waals surface area (Å²) in [5.41, 5.74) is 6.02. The molecule has 3 N–H and O–H groups in total. The third-order valence-corrected chi connectivity index (χ3v) is 4.08. The summed E-state index contributed by atoms with van der Waals surface area (Å²) in [5.74, 6) is -0.542. The van der Waals surface area contributed by atoms with Crippen molar-refractivity contribution in [2.45, 2.75) is 70.9 Å². The van der Waals surface area contributed by atoms with E-state index < -0.39 is 6.04 Å². The lowest BCUT2D eigenvalue weighted by atomic mass is 10.1. The van der Waals surface area contributed by atoms with Crippen molar-refractivity contribution in [1.82, 2.24) is 10.2 Å². The normalized spacial score (nSPS) is 18.8. The lowest BCUT2D eigenvalue weighted by molar-refractivity contribution is -0.138. The van der Waals surface area contributed by atoms with Gasteiger partial charge in [-0.3, -0.25) is 14.4 Å². The Hall–Kier alpha value is -1.85. The average Bonchev–Trinajstić information content (AvgIpc) is 2.87. The second-order valence-electron chi connectivity index (χ2n) is 6.36. The van der Waals surface area contributed by atoms with E-state index in [1.165, 1.54) is 0 Å². The summed E-state index contributed by atoms with van der Waals surface area (Å²) < 4.78 is 0. The predicted octanol–water partition coefficient (Wildman–Crippen LogP) is 1.49. The minimum atomic E-state index is -0.479. The summed E-state index contributed by atoms with van der Waals surface area (Å²) in [4.78, 5) is 37.2. The number of likely N-dealkylation sites (tertiary alicyclic amines) is 1. The minimum absolute atomic E-state index is 0.0158. The van der Waals surface area contributed by atoms with E-state index in [0.717, 1.165) is 24.8 Å². The van der Waals surface area contributed by atoms with Crippen molar-refractivity contribution in [3.63, 3.8) is 0 Å². The van der Waals surface area contributed by atoms with E-state index in [1.54, 1.807) is 4.90 Å². The quantitative estimate of drug-likeness (QED) is 0.497. The maximum Gasteiger partial charge on any atom is 0.243 e. The second kappa shape index (κ2) is 9.33. The summed E-state index contributed by atoms with van der Waals surface area (Å²) in [5, 5.41) is 2.87. The van der Waals surface area contributed by atoms with Crippen LogP contribution in [0.15, 0.2) is 12.2 Å². The van der Waals surface area contributed by atoms with Gasteiger partial charge in [0.1, 0.15) is 6.04 Å². The van der Waals surface area contributed by atoms with Crippen molar-refractivity contribution in [3.8, 4) is 0 Å². The van der Waals surface area contributed by atoms with Crippen LogP contribution in [0.3, 0.4) is 0 Å². The van der Waals surface area contributed by atoms with Crippen molar-refractivity contribution in [2.75, 3.05) is 6.54 Å². The summed E-state index contributed by atoms with van der Waals surface area (Å²) in [6, 6.07) is -0.631. The SMILES string of the molecule is C=C1CC(C(=O)NC(C)CCC(N)=O)N(C(=O)CCCCC)C1. The van der Waals surface area contributed by atoms with E-state index in [4.69, 9.17) is 5.73 Å². The summed E-state index contributed by atoms with van der Waals surface area (Å²) in [6.07, 6.45) is 4.64. The van der Waals surface area contributed by atoms with Gasteiger partial charge in [0, 0.05) is 25.4 Å². The molecule has 1 aliphatic heterocycles. The largest absolute Gasteiger partial charge is 0.370 e. The minimum Gasteiger partial charge on any atom is -0.370 e. The van der Waals surface area contributed by atoms with E-state index in [1.807, 2.05) is 6.92 Å². The molecule has 2 unspecified atom stereocenters. The first-order chi connectivity index (χ1) is 10.8. The molecule has 2 atom stereocenters. The van der Waals surface area contributed by atoms with Crippen molar-refractivity contribution in [2.24, 2.45) is 5.73 Å². The van der Waals surface area contributed by atoms with Gasteiger partial charge in [-0.1, -0.05) is 31.9 Å². The fraction of sp³-hybridized carbons (Fsp3) is 0.706. The Bertz CT molecular complexity index is 462. The first kappa shape index (κ1) is 19.2. The Kier molecular flexibility index (Phi) is 7.78. The zero-order chi connectivity index (χ0) is 17.4. The molecule has 0 spiro atoms. The Morgan fingerprint density at radius 2 is 2.04 bits per heavy atom. The molecule has 1 fully saturated rings. The number of nitrogens with two attached hydrogens (primary N) is 1. The molecule has 6 nitrogen and oxygen atoms in total. The Labute approximate surface area is 138 Å². The van der Waals surface area contributed by atoms with E-state index in [-0.39, 0.29) is 30.2 Å². The standard InChI is InChI=1S/C17H29N3O3/c1-4-5-6-7-16(22)20-11-12(2)10-14(20)17(23)19-13(3)8-9-15(18)21/h13-14H,2,4-11H2,1,3H3,(H2,18,21)(H,19,23). The number of hydrogen-bond acceptors (Lipinski definition) is 3. The second-order valence-corrected chi connectivity index (χ2v) is 6.36. The summed E-state index contributed by atoms with van der Waals surface area (Å²) in [7, 11) is 0. The zero-order valence-corrected chi connectivity index (χ0v) is 14.3. The molecule has 0 bridgehead atoms. The van der Waals surface area contributed by atoms with E-state index >= 15 is 0 Å². The van der Waals surface area contributed by atoms with Crippen LogP contribution in [0.2, 0.25) is 0 Å². The summed E-state index contributed by atoms with van der Waals surface area (Å²) >= 11 is 0. The van der Waals surface area contributed by atoms with E-state index in [0.29, 0.717) is 25.8 Å². The predicted molar refractivity (Wildman–Crippen MR) is 89.4 cm³/mol. The molecule has 130 valence electrons. The first-order valence-corrected chi connectivity index (χ1v) is 8.40. The summed E-state index contributed by atoms with van der Waals surface area (Å²) in [6.45, 7) is 8.30. The van der Waals surface area contributed by atoms with Gasteiger partial charge in [0.15, 0.2) is 0 Å². The molecule has 6 heteroatoms. The van der Waals surface area contributed by atoms with Crippen LogP contribution in [0.5, 0.6) is 0 Å². The molecule has 0 aromatic carbocycles. The maximum absolute atomic E-state index is 12.4. The number of nitrogens with zero attached hydrogens (tertiary/aromatic N) is 1. The topological polar surface area (TPSA) is 92.5 Å². The van der Waals surface area contributed by atoms with Crippen LogP contribution in [0, 0.1) is 0 Å². The van der Waals surface area contributed by atoms with E-state index in [9.17, 15) is 14.4 Å². The number of carbonyl (C=O) groups is 3. The van der Waals surface area contributed by atoms with Crippen LogP contribution >= 0.6 is 0 Å². The molecule has 1 heterocycles. The molecular weight excluding hydrogens is 294 g/mol. The van der Waals surface area contributed by atoms with Gasteiger partial charge in [0.05, 0.1) is 0 Å². The number of nitrogens with one attached hydrogen (secondary N) is 1. The van der Waals surface area contributed by atoms with Gasteiger partial charge in [-0.05, 0) is 26.2 Å². The Morgan fingerprint density at radius 3 is 2.65 bits per heavy atom. The highest BCUT2D eigenvalue weighted by Gasteiger charge is 2.35. The van der Waals surface area contributed by atoms with Gasteiger partial charge in [0.2, 0.25) is 17.7 Å². The van der Waals surface area contributed by atoms with Crippen LogP contribution in [0.1, 0.15) is 58.8 Å². The molecule has 0 saturated carbocycles. The lowest BCUT2D eigenvalue weighted by Gasteiger charge is -2.25. The van der Waals surface area contributed by atoms with Crippen LogP contribution in [0.25, 0.3) is 0 Å². The van der Waals surface area contributed by atoms with Crippen LogP contribution in [-0.2, 0) is 14.4 Å². The third-order valence-electron chi connectivity index (χ3n) is 4.08. The fourth-order valence-electron chi connectivity index (χ4n) is 2.74. The highest BCUT2D eigenvalue weighted by molar-refractivity contribution is 5.89. The number of unbranched alkanes of at least 4 members (excludes halogenated alkanes) is 2. The molecular formula is C17H29N3O3. The molecule has 3 amide bonds. The van der Waals surface area contributed by atoms with Crippen LogP contribution < -0.4 is 11.1 Å². The zero-order valence-electron chi connectivity index (χ0n) is 14.3. The van der Waals surface area contributed by atoms with Gasteiger partial charge >= 0.3 is 0 Å². The van der Waals surface area contributed by atoms with Crippen molar-refractivity contribution in [1.29, 1.82) is 0 Å². The maximum atomic E-state index is 12.4. The molecule has 1 saturated heterocycles. The first-order valence-electron chi connectivity index (χ1n) is 8.40. The highest BCUT2D eigenvalue weighted by Crippen LogP contribution is 2.23. The van der Waals surface area contributed by atoms with Crippen LogP contribution in [-0.4, -0.2) is 41.2 Å². The van der Waals surface area contributed by atoms with Crippen LogP contribution in [0.4, 0.5) is 0 Å². The molecule has 1 rings (SSSR count). The number of hydrogen-bond donors (Lipinski definition) is 2. The van der Waals surface area contributed by atoms with Crippen molar-refractivity contribution < 1.29 is 14.4 Å². The molecule has 0 radical (unpaired) electrons. The van der Waals surface area contributed by atoms with Gasteiger partial charge < -0.3 is 16.0 Å². The molecule has 23 heavy (non-hydrogen) atoms. The van der Waals surface area contributed by atoms with Crippen molar-refractivity contribution in [3.05, 3.63) is 12.2 Å². The van der Waals surface area contributed by atoms with Gasteiger partial charge in [0.25, 0.3) is 0 Å². The molecule has 0 aliphatic carbocycles. The fourth-order valence-corrected chi connectivity index (χ4v) is 2.74. The number of carbonyl (C=O) groups excluding carboxylic acids is 3. The van der Waals surface area contributed by atoms with Crippen molar-refractivity contribution >= 4 is 17.7 Å². The number of primary amides is 1. The van der Waals surface area contributed by atoms with Gasteiger partial charge in [-0.2, -0.15) is 0 Å². The monoisotopic (exact) mass is 323 g/mol. The van der Waals surface area contributed by atoms with Gasteiger partial charge in [-0.15, -0.1) is 0 Å². The smallest absolute Gasteiger partial charge is 0.243 e. The average molecular weight is 323 g/mol. The molecule has 1 aliphatic rings. The van der Waals surface area contributed by atoms with Gasteiger partial charge in [-0.25, -0.2) is 0 Å². The molecule has 0 aromatic heterocycles. The van der Waals surface area contributed by atoms with E-state index in [2.05, 4.69) is 18.8 Å². The molecule has 0 aromatic rings.